The van der Waals surface area contributed by atoms with E-state index in [0.717, 1.165) is 19.4 Å². The Labute approximate surface area is 85.7 Å². The lowest BCUT2D eigenvalue weighted by atomic mass is 10.1. The van der Waals surface area contributed by atoms with Crippen LogP contribution < -0.4 is 5.73 Å². The van der Waals surface area contributed by atoms with E-state index < -0.39 is 0 Å². The molecule has 0 amide bonds. The molecule has 4 heteroatoms. The fourth-order valence-corrected chi connectivity index (χ4v) is 1.54. The number of rotatable bonds is 5. The van der Waals surface area contributed by atoms with Crippen LogP contribution in [0.25, 0.3) is 0 Å². The minimum atomic E-state index is 0.250. The van der Waals surface area contributed by atoms with Gasteiger partial charge in [0.15, 0.2) is 0 Å². The van der Waals surface area contributed by atoms with E-state index in [1.807, 2.05) is 38.1 Å². The van der Waals surface area contributed by atoms with Gasteiger partial charge in [-0.05, 0) is 33.0 Å². The van der Waals surface area contributed by atoms with Crippen molar-refractivity contribution in [2.45, 2.75) is 18.9 Å². The van der Waals surface area contributed by atoms with Crippen LogP contribution in [0, 0.1) is 0 Å². The van der Waals surface area contributed by atoms with Gasteiger partial charge in [-0.25, -0.2) is 0 Å². The van der Waals surface area contributed by atoms with Gasteiger partial charge in [0.1, 0.15) is 0 Å². The van der Waals surface area contributed by atoms with E-state index in [1.54, 1.807) is 0 Å². The molecule has 0 saturated heterocycles. The van der Waals surface area contributed by atoms with E-state index in [2.05, 4.69) is 10.00 Å². The molecule has 0 fully saturated rings. The van der Waals surface area contributed by atoms with Crippen molar-refractivity contribution in [2.24, 2.45) is 12.8 Å². The molecule has 1 rings (SSSR count). The van der Waals surface area contributed by atoms with Crippen LogP contribution in [0.2, 0.25) is 0 Å². The smallest absolute Gasteiger partial charge is 0.0492 e. The Morgan fingerprint density at radius 2 is 2.29 bits per heavy atom. The molecule has 0 bridgehead atoms. The fourth-order valence-electron chi connectivity index (χ4n) is 1.54. The van der Waals surface area contributed by atoms with Gasteiger partial charge >= 0.3 is 0 Å². The zero-order chi connectivity index (χ0) is 10.6. The molecule has 14 heavy (non-hydrogen) atoms. The third-order valence-electron chi connectivity index (χ3n) is 2.29. The SMILES string of the molecule is CN(C)CC(N)CCc1ccnn1C. The number of nitrogens with two attached hydrogens (primary N) is 1. The topological polar surface area (TPSA) is 47.1 Å². The molecule has 0 aliphatic rings. The van der Waals surface area contributed by atoms with Crippen molar-refractivity contribution < 1.29 is 0 Å². The molecule has 1 atom stereocenters. The van der Waals surface area contributed by atoms with Crippen LogP contribution in [0.1, 0.15) is 12.1 Å². The first-order valence-electron chi connectivity index (χ1n) is 4.97. The number of nitrogens with zero attached hydrogens (tertiary/aromatic N) is 3. The summed E-state index contributed by atoms with van der Waals surface area (Å²) in [6, 6.07) is 2.29. The Bertz CT molecular complexity index is 267. The van der Waals surface area contributed by atoms with Crippen molar-refractivity contribution in [3.63, 3.8) is 0 Å². The molecule has 4 nitrogen and oxygen atoms in total. The van der Waals surface area contributed by atoms with Crippen LogP contribution in [0.4, 0.5) is 0 Å². The summed E-state index contributed by atoms with van der Waals surface area (Å²) in [5, 5.41) is 4.12. The van der Waals surface area contributed by atoms with Crippen molar-refractivity contribution in [3.8, 4) is 0 Å². The minimum absolute atomic E-state index is 0.250. The molecule has 2 N–H and O–H groups in total. The number of aryl methyl sites for hydroxylation is 2. The summed E-state index contributed by atoms with van der Waals surface area (Å²) in [5.74, 6) is 0. The molecule has 0 aromatic carbocycles. The fraction of sp³-hybridized carbons (Fsp3) is 0.700. The van der Waals surface area contributed by atoms with Crippen molar-refractivity contribution in [2.75, 3.05) is 20.6 Å². The molecule has 0 aliphatic carbocycles. The molecular formula is C10H20N4. The van der Waals surface area contributed by atoms with E-state index in [0.29, 0.717) is 0 Å². The van der Waals surface area contributed by atoms with Gasteiger partial charge in [-0.1, -0.05) is 0 Å². The lowest BCUT2D eigenvalue weighted by molar-refractivity contribution is 0.362. The first-order valence-corrected chi connectivity index (χ1v) is 4.97. The van der Waals surface area contributed by atoms with E-state index in [1.165, 1.54) is 5.69 Å². The number of likely N-dealkylation sites (N-methyl/N-ethyl adjacent to an activating group) is 1. The van der Waals surface area contributed by atoms with E-state index in [4.69, 9.17) is 5.73 Å². The van der Waals surface area contributed by atoms with Gasteiger partial charge in [-0.2, -0.15) is 5.10 Å². The zero-order valence-corrected chi connectivity index (χ0v) is 9.27. The van der Waals surface area contributed by atoms with E-state index >= 15 is 0 Å². The van der Waals surface area contributed by atoms with Gasteiger partial charge in [-0.3, -0.25) is 4.68 Å². The van der Waals surface area contributed by atoms with E-state index in [-0.39, 0.29) is 6.04 Å². The second-order valence-corrected chi connectivity index (χ2v) is 4.01. The van der Waals surface area contributed by atoms with Gasteiger partial charge in [0.2, 0.25) is 0 Å². The van der Waals surface area contributed by atoms with Crippen LogP contribution in [0.3, 0.4) is 0 Å². The quantitative estimate of drug-likeness (QED) is 0.734. The molecule has 1 unspecified atom stereocenters. The monoisotopic (exact) mass is 196 g/mol. The Morgan fingerprint density at radius 3 is 2.79 bits per heavy atom. The van der Waals surface area contributed by atoms with Gasteiger partial charge in [0.25, 0.3) is 0 Å². The molecule has 0 spiro atoms. The van der Waals surface area contributed by atoms with Gasteiger partial charge in [-0.15, -0.1) is 0 Å². The number of hydrogen-bond acceptors (Lipinski definition) is 3. The molecule has 1 aromatic rings. The van der Waals surface area contributed by atoms with Gasteiger partial charge in [0.05, 0.1) is 0 Å². The summed E-state index contributed by atoms with van der Waals surface area (Å²) in [4.78, 5) is 2.12. The summed E-state index contributed by atoms with van der Waals surface area (Å²) in [5.41, 5.74) is 7.22. The van der Waals surface area contributed by atoms with Crippen molar-refractivity contribution >= 4 is 0 Å². The average molecular weight is 196 g/mol. The minimum Gasteiger partial charge on any atom is -0.327 e. The first kappa shape index (κ1) is 11.2. The van der Waals surface area contributed by atoms with Crippen molar-refractivity contribution in [1.82, 2.24) is 14.7 Å². The summed E-state index contributed by atoms with van der Waals surface area (Å²) >= 11 is 0. The van der Waals surface area contributed by atoms with Crippen LogP contribution in [-0.2, 0) is 13.5 Å². The zero-order valence-electron chi connectivity index (χ0n) is 9.27. The molecular weight excluding hydrogens is 176 g/mol. The number of hydrogen-bond donors (Lipinski definition) is 1. The highest BCUT2D eigenvalue weighted by atomic mass is 15.2. The summed E-state index contributed by atoms with van der Waals surface area (Å²) in [6.45, 7) is 0.942. The second kappa shape index (κ2) is 5.12. The van der Waals surface area contributed by atoms with Crippen LogP contribution in [-0.4, -0.2) is 41.4 Å². The summed E-state index contributed by atoms with van der Waals surface area (Å²) < 4.78 is 1.91. The highest BCUT2D eigenvalue weighted by Gasteiger charge is 2.05. The van der Waals surface area contributed by atoms with Crippen molar-refractivity contribution in [3.05, 3.63) is 18.0 Å². The summed E-state index contributed by atoms with van der Waals surface area (Å²) in [6.07, 6.45) is 3.84. The molecule has 0 saturated carbocycles. The predicted molar refractivity (Wildman–Crippen MR) is 58.1 cm³/mol. The highest BCUT2D eigenvalue weighted by Crippen LogP contribution is 2.02. The lowest BCUT2D eigenvalue weighted by Crippen LogP contribution is -2.33. The molecule has 0 radical (unpaired) electrons. The maximum absolute atomic E-state index is 5.97. The van der Waals surface area contributed by atoms with Gasteiger partial charge in [0, 0.05) is 31.5 Å². The molecule has 80 valence electrons. The van der Waals surface area contributed by atoms with Gasteiger partial charge < -0.3 is 10.6 Å². The number of aromatic nitrogens is 2. The normalized spacial score (nSPS) is 13.5. The van der Waals surface area contributed by atoms with Crippen LogP contribution in [0.5, 0.6) is 0 Å². The molecule has 0 aliphatic heterocycles. The Balaban J connectivity index is 2.30. The average Bonchev–Trinajstić information content (AvgIpc) is 2.46. The molecule has 1 aromatic heterocycles. The molecule has 1 heterocycles. The first-order chi connectivity index (χ1) is 6.59. The Hall–Kier alpha value is -0.870. The third-order valence-corrected chi connectivity index (χ3v) is 2.29. The lowest BCUT2D eigenvalue weighted by Gasteiger charge is -2.16. The summed E-state index contributed by atoms with van der Waals surface area (Å²) in [7, 11) is 6.06. The van der Waals surface area contributed by atoms with Crippen LogP contribution >= 0.6 is 0 Å². The maximum atomic E-state index is 5.97. The maximum Gasteiger partial charge on any atom is 0.0492 e. The Kier molecular flexibility index (Phi) is 4.10. The largest absolute Gasteiger partial charge is 0.327 e. The van der Waals surface area contributed by atoms with Crippen molar-refractivity contribution in [1.29, 1.82) is 0 Å². The highest BCUT2D eigenvalue weighted by molar-refractivity contribution is 5.00. The standard InChI is InChI=1S/C10H20N4/c1-13(2)8-9(11)4-5-10-6-7-12-14(10)3/h6-7,9H,4-5,8,11H2,1-3H3. The van der Waals surface area contributed by atoms with E-state index in [9.17, 15) is 0 Å². The Morgan fingerprint density at radius 1 is 1.57 bits per heavy atom. The third kappa shape index (κ3) is 3.47. The second-order valence-electron chi connectivity index (χ2n) is 4.01. The van der Waals surface area contributed by atoms with Crippen LogP contribution in [0.15, 0.2) is 12.3 Å². The predicted octanol–water partition coefficient (Wildman–Crippen LogP) is 0.242.